The maximum absolute atomic E-state index is 13.5. The maximum Gasteiger partial charge on any atom is 0.416 e. The molecule has 2 aromatic rings. The molecule has 2 aliphatic rings. The fraction of sp³-hybridized carbons (Fsp3) is 0.522. The zero-order chi connectivity index (χ0) is 26.7. The molecule has 10 nitrogen and oxygen atoms in total. The lowest BCUT2D eigenvalue weighted by molar-refractivity contribution is -0.137. The van der Waals surface area contributed by atoms with Crippen LogP contribution in [-0.4, -0.2) is 81.3 Å². The van der Waals surface area contributed by atoms with Gasteiger partial charge in [-0.3, -0.25) is 14.4 Å². The lowest BCUT2D eigenvalue weighted by Gasteiger charge is -2.37. The molecule has 1 atom stereocenters. The third-order valence-electron chi connectivity index (χ3n) is 6.72. The Balaban J connectivity index is 1.42. The number of hydrogen-bond acceptors (Lipinski definition) is 6. The van der Waals surface area contributed by atoms with E-state index in [4.69, 9.17) is 5.73 Å². The Morgan fingerprint density at radius 2 is 1.78 bits per heavy atom. The van der Waals surface area contributed by atoms with Crippen LogP contribution in [0.15, 0.2) is 30.5 Å². The van der Waals surface area contributed by atoms with E-state index in [0.717, 1.165) is 11.6 Å². The fourth-order valence-electron chi connectivity index (χ4n) is 4.69. The number of primary amides is 1. The average molecular weight is 542 g/mol. The highest BCUT2D eigenvalue weighted by atomic mass is 32.2. The van der Waals surface area contributed by atoms with E-state index < -0.39 is 22.7 Å². The number of piperazine rings is 1. The first-order valence-corrected chi connectivity index (χ1v) is 13.5. The number of rotatable bonds is 6. The summed E-state index contributed by atoms with van der Waals surface area (Å²) >= 11 is 0. The van der Waals surface area contributed by atoms with Gasteiger partial charge in [0.25, 0.3) is 0 Å². The number of benzene rings is 1. The number of halogens is 3. The first-order chi connectivity index (χ1) is 17.5. The molecule has 202 valence electrons. The number of aromatic nitrogens is 2. The van der Waals surface area contributed by atoms with E-state index in [-0.39, 0.29) is 17.9 Å². The summed E-state index contributed by atoms with van der Waals surface area (Å²) in [6.45, 7) is 3.29. The van der Waals surface area contributed by atoms with Crippen LogP contribution in [-0.2, 0) is 28.5 Å². The zero-order valence-electron chi connectivity index (χ0n) is 20.4. The molecule has 3 N–H and O–H groups in total. The number of carbonyl (C=O) groups excluding carboxylic acids is 2. The van der Waals surface area contributed by atoms with Crippen molar-refractivity contribution in [3.63, 3.8) is 0 Å². The van der Waals surface area contributed by atoms with Crippen molar-refractivity contribution in [1.82, 2.24) is 19.6 Å². The molecule has 1 aromatic carbocycles. The molecule has 4 rings (SSSR count). The van der Waals surface area contributed by atoms with Crippen molar-refractivity contribution in [3.05, 3.63) is 41.6 Å². The summed E-state index contributed by atoms with van der Waals surface area (Å²) in [5, 5.41) is 4.10. The average Bonchev–Trinajstić information content (AvgIpc) is 3.31. The van der Waals surface area contributed by atoms with E-state index in [9.17, 15) is 27.0 Å². The molecule has 37 heavy (non-hydrogen) atoms. The molecule has 1 aromatic heterocycles. The predicted molar refractivity (Wildman–Crippen MR) is 133 cm³/mol. The largest absolute Gasteiger partial charge is 0.416 e. The quantitative estimate of drug-likeness (QED) is 0.579. The number of nitrogens with two attached hydrogens (primary N) is 1. The van der Waals surface area contributed by atoms with Crippen LogP contribution in [0.25, 0.3) is 0 Å². The van der Waals surface area contributed by atoms with Crippen LogP contribution in [0.3, 0.4) is 0 Å². The monoisotopic (exact) mass is 541 g/mol. The summed E-state index contributed by atoms with van der Waals surface area (Å²) in [7, 11) is -1.30. The van der Waals surface area contributed by atoms with Crippen molar-refractivity contribution in [3.8, 4) is 0 Å². The molecule has 0 spiro atoms. The molecule has 2 aliphatic heterocycles. The van der Waals surface area contributed by atoms with Crippen LogP contribution in [0.5, 0.6) is 0 Å². The molecule has 2 saturated heterocycles. The Morgan fingerprint density at radius 1 is 1.11 bits per heavy atom. The molecule has 2 fully saturated rings. The number of nitrogens with zero attached hydrogens (tertiary/aromatic N) is 5. The minimum atomic E-state index is -4.46. The molecular formula is C23H30F3N7O3S. The Kier molecular flexibility index (Phi) is 8.07. The molecule has 0 bridgehead atoms. The summed E-state index contributed by atoms with van der Waals surface area (Å²) in [6, 6.07) is 5.06. The van der Waals surface area contributed by atoms with Crippen molar-refractivity contribution in [2.45, 2.75) is 25.6 Å². The Bertz CT molecular complexity index is 1160. The summed E-state index contributed by atoms with van der Waals surface area (Å²) in [6.07, 6.45) is -0.487. The van der Waals surface area contributed by atoms with E-state index in [2.05, 4.69) is 14.7 Å². The Hall–Kier alpha value is -3.13. The van der Waals surface area contributed by atoms with Gasteiger partial charge in [-0.25, -0.2) is 9.00 Å². The highest BCUT2D eigenvalue weighted by Crippen LogP contribution is 2.35. The van der Waals surface area contributed by atoms with E-state index in [1.165, 1.54) is 29.3 Å². The number of nitrogens with one attached hydrogen (secondary N) is 1. The lowest BCUT2D eigenvalue weighted by Crippen LogP contribution is -2.49. The normalized spacial score (nSPS) is 18.6. The number of hydrogen-bond donors (Lipinski definition) is 2. The molecule has 1 unspecified atom stereocenters. The van der Waals surface area contributed by atoms with Crippen molar-refractivity contribution in [1.29, 1.82) is 0 Å². The minimum Gasteiger partial charge on any atom is -0.371 e. The number of amides is 2. The van der Waals surface area contributed by atoms with Gasteiger partial charge in [-0.15, -0.1) is 5.10 Å². The predicted octanol–water partition coefficient (Wildman–Crippen LogP) is 2.09. The van der Waals surface area contributed by atoms with Gasteiger partial charge in [0.15, 0.2) is 5.82 Å². The van der Waals surface area contributed by atoms with E-state index in [1.54, 1.807) is 11.0 Å². The number of alkyl halides is 3. The SMILES string of the molecule is CS(=O)Nc1ccn(C(=O)N2CCN(Cc3ccc(C(F)(F)F)cc3N3CCC(C(N)=O)CC3)CC2)n1. The van der Waals surface area contributed by atoms with Gasteiger partial charge in [-0.2, -0.15) is 17.9 Å². The second kappa shape index (κ2) is 11.1. The van der Waals surface area contributed by atoms with Crippen LogP contribution >= 0.6 is 0 Å². The molecule has 0 aliphatic carbocycles. The van der Waals surface area contributed by atoms with Crippen LogP contribution in [0.2, 0.25) is 0 Å². The Labute approximate surface area is 215 Å². The van der Waals surface area contributed by atoms with Crippen LogP contribution < -0.4 is 15.4 Å². The highest BCUT2D eigenvalue weighted by Gasteiger charge is 2.33. The summed E-state index contributed by atoms with van der Waals surface area (Å²) in [5.41, 5.74) is 5.98. The molecule has 0 saturated carbocycles. The van der Waals surface area contributed by atoms with Crippen LogP contribution in [0, 0.1) is 5.92 Å². The van der Waals surface area contributed by atoms with Crippen molar-refractivity contribution in [2.24, 2.45) is 11.7 Å². The second-order valence-corrected chi connectivity index (χ2v) is 10.4. The summed E-state index contributed by atoms with van der Waals surface area (Å²) in [5.74, 6) is -0.302. The summed E-state index contributed by atoms with van der Waals surface area (Å²) < 4.78 is 55.5. The van der Waals surface area contributed by atoms with Crippen LogP contribution in [0.1, 0.15) is 24.0 Å². The van der Waals surface area contributed by atoms with Gasteiger partial charge in [0, 0.05) is 75.9 Å². The van der Waals surface area contributed by atoms with Gasteiger partial charge in [0.05, 0.1) is 5.56 Å². The molecule has 3 heterocycles. The smallest absolute Gasteiger partial charge is 0.371 e. The van der Waals surface area contributed by atoms with Gasteiger partial charge in [-0.05, 0) is 30.5 Å². The van der Waals surface area contributed by atoms with Gasteiger partial charge in [-0.1, -0.05) is 6.07 Å². The van der Waals surface area contributed by atoms with Crippen molar-refractivity contribution in [2.75, 3.05) is 55.1 Å². The van der Waals surface area contributed by atoms with Crippen molar-refractivity contribution < 1.29 is 27.0 Å². The molecule has 2 amide bonds. The highest BCUT2D eigenvalue weighted by molar-refractivity contribution is 7.85. The topological polar surface area (TPSA) is 117 Å². The van der Waals surface area contributed by atoms with E-state index in [0.29, 0.717) is 70.2 Å². The first-order valence-electron chi connectivity index (χ1n) is 11.9. The van der Waals surface area contributed by atoms with Gasteiger partial charge < -0.3 is 15.5 Å². The van der Waals surface area contributed by atoms with Crippen LogP contribution in [0.4, 0.5) is 29.5 Å². The summed E-state index contributed by atoms with van der Waals surface area (Å²) in [4.78, 5) is 30.0. The number of carbonyl (C=O) groups is 2. The van der Waals surface area contributed by atoms with E-state index >= 15 is 0 Å². The third kappa shape index (κ3) is 6.60. The molecule has 14 heteroatoms. The van der Waals surface area contributed by atoms with Gasteiger partial charge in [0.2, 0.25) is 5.91 Å². The number of anilines is 2. The molecule has 0 radical (unpaired) electrons. The lowest BCUT2D eigenvalue weighted by atomic mass is 9.95. The minimum absolute atomic E-state index is 0.262. The Morgan fingerprint density at radius 3 is 2.38 bits per heavy atom. The van der Waals surface area contributed by atoms with E-state index in [1.807, 2.05) is 4.90 Å². The van der Waals surface area contributed by atoms with Gasteiger partial charge >= 0.3 is 12.2 Å². The third-order valence-corrected chi connectivity index (χ3v) is 7.22. The maximum atomic E-state index is 13.5. The zero-order valence-corrected chi connectivity index (χ0v) is 21.2. The van der Waals surface area contributed by atoms with Gasteiger partial charge in [0.1, 0.15) is 11.0 Å². The fourth-order valence-corrected chi connectivity index (χ4v) is 5.09. The molecular weight excluding hydrogens is 511 g/mol. The first kappa shape index (κ1) is 26.9. The standard InChI is InChI=1S/C23H30F3N7O3S/c1-37(36)29-20-6-9-33(28-20)22(35)32-12-10-30(11-13-32)15-17-2-3-18(23(24,25)26)14-19(17)31-7-4-16(5-8-31)21(27)34/h2-3,6,9,14,16H,4-5,7-8,10-13,15H2,1H3,(H2,27,34)(H,28,29). The number of piperidine rings is 1. The van der Waals surface area contributed by atoms with Crippen molar-refractivity contribution >= 4 is 34.4 Å². The second-order valence-electron chi connectivity index (χ2n) is 9.25.